The summed E-state index contributed by atoms with van der Waals surface area (Å²) in [7, 11) is 0. The van der Waals surface area contributed by atoms with Gasteiger partial charge < -0.3 is 0 Å². The van der Waals surface area contributed by atoms with Crippen LogP contribution in [-0.2, 0) is 11.2 Å². The number of carbonyl (C=O) groups is 1. The van der Waals surface area contributed by atoms with Crippen LogP contribution in [0.5, 0.6) is 0 Å². The van der Waals surface area contributed by atoms with Gasteiger partial charge in [0, 0.05) is 11.4 Å². The van der Waals surface area contributed by atoms with E-state index in [1.807, 2.05) is 43.3 Å². The van der Waals surface area contributed by atoms with E-state index in [0.29, 0.717) is 11.4 Å². The van der Waals surface area contributed by atoms with E-state index < -0.39 is 5.38 Å². The molecule has 2 aromatic rings. The van der Waals surface area contributed by atoms with Gasteiger partial charge in [-0.3, -0.25) is 4.79 Å². The maximum Gasteiger partial charge on any atom is 0.159 e. The van der Waals surface area contributed by atoms with Crippen LogP contribution in [0.3, 0.4) is 0 Å². The summed E-state index contributed by atoms with van der Waals surface area (Å²) in [5.74, 6) is -0.00663. The van der Waals surface area contributed by atoms with Gasteiger partial charge in [-0.25, -0.2) is 0 Å². The molecule has 0 aliphatic carbocycles. The molecule has 2 aromatic carbocycles. The number of hydrogen-bond donors (Lipinski definition) is 0. The highest BCUT2D eigenvalue weighted by Gasteiger charge is 2.17. The molecule has 0 saturated carbocycles. The Morgan fingerprint density at radius 3 is 2.21 bits per heavy atom. The van der Waals surface area contributed by atoms with Crippen molar-refractivity contribution in [2.24, 2.45) is 0 Å². The second kappa shape index (κ2) is 6.23. The van der Waals surface area contributed by atoms with Crippen molar-refractivity contribution in [2.75, 3.05) is 0 Å². The molecule has 0 heterocycles. The molecule has 3 heteroatoms. The zero-order valence-corrected chi connectivity index (χ0v) is 12.1. The van der Waals surface area contributed by atoms with Crippen molar-refractivity contribution in [1.29, 1.82) is 0 Å². The summed E-state index contributed by atoms with van der Waals surface area (Å²) in [6.45, 7) is 2.00. The maximum atomic E-state index is 12.1. The molecule has 0 N–H and O–H groups in total. The number of halogens is 2. The second-order valence-electron chi connectivity index (χ2n) is 4.54. The smallest absolute Gasteiger partial charge is 0.159 e. The van der Waals surface area contributed by atoms with Gasteiger partial charge >= 0.3 is 0 Å². The summed E-state index contributed by atoms with van der Waals surface area (Å²) >= 11 is 12.0. The third kappa shape index (κ3) is 3.82. The van der Waals surface area contributed by atoms with Crippen LogP contribution in [0.4, 0.5) is 0 Å². The Morgan fingerprint density at radius 1 is 1.05 bits per heavy atom. The molecule has 0 saturated heterocycles. The molecule has 0 aliphatic rings. The molecule has 0 radical (unpaired) electrons. The average Bonchev–Trinajstić information content (AvgIpc) is 2.41. The number of alkyl halides is 1. The number of Topliss-reactive ketones (excluding diaryl/α,β-unsaturated/α-hetero) is 1. The lowest BCUT2D eigenvalue weighted by Gasteiger charge is -2.09. The molecule has 1 nitrogen and oxygen atoms in total. The second-order valence-corrected chi connectivity index (χ2v) is 5.42. The van der Waals surface area contributed by atoms with Gasteiger partial charge in [0.25, 0.3) is 0 Å². The van der Waals surface area contributed by atoms with Crippen LogP contribution >= 0.6 is 23.2 Å². The lowest BCUT2D eigenvalue weighted by Crippen LogP contribution is -2.10. The summed E-state index contributed by atoms with van der Waals surface area (Å²) < 4.78 is 0. The topological polar surface area (TPSA) is 17.1 Å². The van der Waals surface area contributed by atoms with Gasteiger partial charge in [-0.1, -0.05) is 53.6 Å². The van der Waals surface area contributed by atoms with E-state index in [9.17, 15) is 4.79 Å². The van der Waals surface area contributed by atoms with E-state index in [2.05, 4.69) is 0 Å². The molecule has 19 heavy (non-hydrogen) atoms. The van der Waals surface area contributed by atoms with Crippen molar-refractivity contribution in [3.05, 3.63) is 70.2 Å². The van der Waals surface area contributed by atoms with E-state index in [1.165, 1.54) is 0 Å². The van der Waals surface area contributed by atoms with Crippen LogP contribution in [-0.4, -0.2) is 5.78 Å². The Bertz CT molecular complexity index is 558. The third-order valence-electron chi connectivity index (χ3n) is 2.94. The fourth-order valence-electron chi connectivity index (χ4n) is 1.81. The Kier molecular flexibility index (Phi) is 4.62. The van der Waals surface area contributed by atoms with E-state index in [-0.39, 0.29) is 5.78 Å². The van der Waals surface area contributed by atoms with Gasteiger partial charge in [-0.2, -0.15) is 0 Å². The Hall–Kier alpha value is -1.31. The minimum Gasteiger partial charge on any atom is -0.297 e. The van der Waals surface area contributed by atoms with Crippen LogP contribution in [0.15, 0.2) is 48.5 Å². The molecule has 0 spiro atoms. The molecule has 0 aromatic heterocycles. The maximum absolute atomic E-state index is 12.1. The summed E-state index contributed by atoms with van der Waals surface area (Å²) in [6, 6.07) is 15.0. The number of ketones is 1. The molecule has 0 amide bonds. The van der Waals surface area contributed by atoms with Crippen LogP contribution in [0.1, 0.15) is 22.1 Å². The molecule has 0 aliphatic heterocycles. The van der Waals surface area contributed by atoms with Gasteiger partial charge in [-0.15, -0.1) is 11.6 Å². The SMILES string of the molecule is Cc1ccc(C(Cl)C(=O)Cc2ccc(Cl)cc2)cc1. The average molecular weight is 293 g/mol. The quantitative estimate of drug-likeness (QED) is 0.744. The highest BCUT2D eigenvalue weighted by atomic mass is 35.5. The lowest BCUT2D eigenvalue weighted by atomic mass is 10.0. The fourth-order valence-corrected chi connectivity index (χ4v) is 2.16. The number of benzene rings is 2. The van der Waals surface area contributed by atoms with Gasteiger partial charge in [-0.05, 0) is 30.2 Å². The summed E-state index contributed by atoms with van der Waals surface area (Å²) in [4.78, 5) is 12.1. The number of aryl methyl sites for hydroxylation is 1. The molecular weight excluding hydrogens is 279 g/mol. The summed E-state index contributed by atoms with van der Waals surface area (Å²) in [5.41, 5.74) is 2.91. The van der Waals surface area contributed by atoms with Crippen molar-refractivity contribution in [1.82, 2.24) is 0 Å². The predicted molar refractivity (Wildman–Crippen MR) is 79.9 cm³/mol. The monoisotopic (exact) mass is 292 g/mol. The fraction of sp³-hybridized carbons (Fsp3) is 0.188. The first kappa shape index (κ1) is 14.1. The van der Waals surface area contributed by atoms with E-state index >= 15 is 0 Å². The van der Waals surface area contributed by atoms with Crippen molar-refractivity contribution < 1.29 is 4.79 Å². The van der Waals surface area contributed by atoms with Gasteiger partial charge in [0.15, 0.2) is 5.78 Å². The normalized spacial score (nSPS) is 12.2. The van der Waals surface area contributed by atoms with Crippen LogP contribution in [0.2, 0.25) is 5.02 Å². The number of hydrogen-bond acceptors (Lipinski definition) is 1. The van der Waals surface area contributed by atoms with E-state index in [0.717, 1.165) is 16.7 Å². The first-order valence-corrected chi connectivity index (χ1v) is 6.85. The van der Waals surface area contributed by atoms with Crippen molar-refractivity contribution in [3.63, 3.8) is 0 Å². The Labute approximate surface area is 123 Å². The summed E-state index contributed by atoms with van der Waals surface area (Å²) in [5, 5.41) is 0.0634. The minimum absolute atomic E-state index is 0.00663. The van der Waals surface area contributed by atoms with Crippen molar-refractivity contribution in [2.45, 2.75) is 18.7 Å². The lowest BCUT2D eigenvalue weighted by molar-refractivity contribution is -0.118. The molecule has 0 bridgehead atoms. The Morgan fingerprint density at radius 2 is 1.63 bits per heavy atom. The summed E-state index contributed by atoms with van der Waals surface area (Å²) in [6.07, 6.45) is 0.319. The van der Waals surface area contributed by atoms with E-state index in [4.69, 9.17) is 23.2 Å². The third-order valence-corrected chi connectivity index (χ3v) is 3.69. The zero-order valence-electron chi connectivity index (χ0n) is 10.6. The highest BCUT2D eigenvalue weighted by molar-refractivity contribution is 6.31. The minimum atomic E-state index is -0.601. The largest absolute Gasteiger partial charge is 0.297 e. The van der Waals surface area contributed by atoms with Crippen molar-refractivity contribution >= 4 is 29.0 Å². The van der Waals surface area contributed by atoms with Gasteiger partial charge in [0.1, 0.15) is 5.38 Å². The molecule has 2 rings (SSSR count). The van der Waals surface area contributed by atoms with Crippen LogP contribution < -0.4 is 0 Å². The molecule has 1 atom stereocenters. The van der Waals surface area contributed by atoms with Crippen LogP contribution in [0.25, 0.3) is 0 Å². The van der Waals surface area contributed by atoms with Gasteiger partial charge in [0.2, 0.25) is 0 Å². The first-order chi connectivity index (χ1) is 9.06. The van der Waals surface area contributed by atoms with Crippen molar-refractivity contribution in [3.8, 4) is 0 Å². The molecule has 1 unspecified atom stereocenters. The first-order valence-electron chi connectivity index (χ1n) is 6.04. The standard InChI is InChI=1S/C16H14Cl2O/c1-11-2-6-13(7-3-11)16(18)15(19)10-12-4-8-14(17)9-5-12/h2-9,16H,10H2,1H3. The van der Waals surface area contributed by atoms with Gasteiger partial charge in [0.05, 0.1) is 0 Å². The van der Waals surface area contributed by atoms with E-state index in [1.54, 1.807) is 12.1 Å². The number of carbonyl (C=O) groups excluding carboxylic acids is 1. The highest BCUT2D eigenvalue weighted by Crippen LogP contribution is 2.23. The number of rotatable bonds is 4. The van der Waals surface area contributed by atoms with Crippen LogP contribution in [0, 0.1) is 6.92 Å². The zero-order chi connectivity index (χ0) is 13.8. The molecule has 98 valence electrons. The predicted octanol–water partition coefficient (Wildman–Crippen LogP) is 4.74. The molecule has 0 fully saturated rings. The Balaban J connectivity index is 2.07. The molecular formula is C16H14Cl2O.